The highest BCUT2D eigenvalue weighted by molar-refractivity contribution is 6.15. The van der Waals surface area contributed by atoms with E-state index < -0.39 is 10.3 Å². The van der Waals surface area contributed by atoms with E-state index in [1.54, 1.807) is 43.3 Å². The molecular formula is C24H17N7O3. The fourth-order valence-electron chi connectivity index (χ4n) is 4.84. The Morgan fingerprint density at radius 1 is 1.26 bits per heavy atom. The third kappa shape index (κ3) is 2.51. The van der Waals surface area contributed by atoms with E-state index in [9.17, 15) is 20.2 Å². The Labute approximate surface area is 194 Å². The maximum Gasteiger partial charge on any atom is 0.269 e. The molecule has 1 amide bonds. The summed E-state index contributed by atoms with van der Waals surface area (Å²) < 4.78 is 1.52. The van der Waals surface area contributed by atoms with E-state index in [2.05, 4.69) is 22.4 Å². The quantitative estimate of drug-likeness (QED) is 0.354. The summed E-state index contributed by atoms with van der Waals surface area (Å²) in [5, 5.41) is 28.9. The molecule has 1 spiro atoms. The Morgan fingerprint density at radius 3 is 2.62 bits per heavy atom. The number of hydrogen-bond acceptors (Lipinski definition) is 7. The molecule has 1 unspecified atom stereocenters. The number of nitriles is 1. The average molecular weight is 451 g/mol. The Kier molecular flexibility index (Phi) is 4.42. The van der Waals surface area contributed by atoms with Crippen LogP contribution in [0.4, 0.5) is 17.2 Å². The van der Waals surface area contributed by atoms with Crippen LogP contribution in [0, 0.1) is 40.7 Å². The van der Waals surface area contributed by atoms with E-state index in [-0.39, 0.29) is 29.5 Å². The van der Waals surface area contributed by atoms with Crippen molar-refractivity contribution in [1.82, 2.24) is 9.78 Å². The minimum atomic E-state index is -1.53. The zero-order valence-corrected chi connectivity index (χ0v) is 17.9. The smallest absolute Gasteiger partial charge is 0.269 e. The fraction of sp³-hybridized carbons (Fsp3) is 0.125. The first-order valence-corrected chi connectivity index (χ1v) is 10.2. The Balaban J connectivity index is 1.83. The largest absolute Gasteiger partial charge is 0.384 e. The summed E-state index contributed by atoms with van der Waals surface area (Å²) in [4.78, 5) is 26.1. The van der Waals surface area contributed by atoms with Gasteiger partial charge in [0.15, 0.2) is 0 Å². The zero-order chi connectivity index (χ0) is 24.2. The molecule has 5 rings (SSSR count). The van der Waals surface area contributed by atoms with Crippen LogP contribution in [0.2, 0.25) is 0 Å². The number of aryl methyl sites for hydroxylation is 1. The molecular weight excluding hydrogens is 434 g/mol. The van der Waals surface area contributed by atoms with E-state index in [0.29, 0.717) is 34.0 Å². The number of nitrogens with one attached hydrogen (secondary N) is 1. The number of rotatable bonds is 3. The van der Waals surface area contributed by atoms with Crippen LogP contribution in [-0.4, -0.2) is 27.2 Å². The van der Waals surface area contributed by atoms with Crippen LogP contribution in [0.1, 0.15) is 16.8 Å². The molecule has 0 bridgehead atoms. The number of carbonyl (C=O) groups is 1. The molecule has 34 heavy (non-hydrogen) atoms. The number of para-hydroxylation sites is 1. The molecule has 3 aromatic rings. The van der Waals surface area contributed by atoms with Crippen molar-refractivity contribution in [3.63, 3.8) is 0 Å². The number of nitro benzene ring substituents is 1. The van der Waals surface area contributed by atoms with Crippen LogP contribution in [-0.2, 0) is 10.2 Å². The Hall–Kier alpha value is -5.09. The van der Waals surface area contributed by atoms with Gasteiger partial charge in [0, 0.05) is 28.9 Å². The highest BCUT2D eigenvalue weighted by atomic mass is 16.6. The lowest BCUT2D eigenvalue weighted by Gasteiger charge is -2.34. The summed E-state index contributed by atoms with van der Waals surface area (Å²) >= 11 is 0. The summed E-state index contributed by atoms with van der Waals surface area (Å²) in [6.07, 6.45) is 5.56. The second kappa shape index (κ2) is 7.22. The van der Waals surface area contributed by atoms with Gasteiger partial charge in [0.2, 0.25) is 5.91 Å². The lowest BCUT2D eigenvalue weighted by molar-refractivity contribution is -0.384. The maximum atomic E-state index is 14.1. The first-order chi connectivity index (χ1) is 16.4. The van der Waals surface area contributed by atoms with E-state index >= 15 is 0 Å². The number of terminal acetylenes is 1. The van der Waals surface area contributed by atoms with Gasteiger partial charge in [-0.3, -0.25) is 19.8 Å². The monoisotopic (exact) mass is 451 g/mol. The number of aromatic nitrogens is 2. The molecule has 0 radical (unpaired) electrons. The minimum absolute atomic E-state index is 0.0174. The summed E-state index contributed by atoms with van der Waals surface area (Å²) in [7, 11) is 0. The number of nitrogens with two attached hydrogens (primary N) is 1. The van der Waals surface area contributed by atoms with Gasteiger partial charge in [-0.05, 0) is 25.1 Å². The van der Waals surface area contributed by atoms with Crippen LogP contribution in [0.25, 0.3) is 5.69 Å². The number of fused-ring (bicyclic) bond motifs is 4. The first-order valence-electron chi connectivity index (χ1n) is 10.2. The van der Waals surface area contributed by atoms with Gasteiger partial charge in [0.05, 0.1) is 28.4 Å². The molecule has 3 heterocycles. The number of nitrogens with zero attached hydrogens (tertiary/aromatic N) is 5. The van der Waals surface area contributed by atoms with Crippen molar-refractivity contribution in [2.24, 2.45) is 5.73 Å². The molecule has 2 aliphatic rings. The number of nitro groups is 1. The number of hydrogen-bond donors (Lipinski definition) is 2. The number of carbonyl (C=O) groups excluding carboxylic acids is 1. The normalized spacial score (nSPS) is 18.2. The summed E-state index contributed by atoms with van der Waals surface area (Å²) in [5.41, 5.74) is 7.46. The molecule has 10 heteroatoms. The van der Waals surface area contributed by atoms with Gasteiger partial charge in [-0.2, -0.15) is 10.4 Å². The number of amides is 1. The SMILES string of the molecule is C#CCN1C(=O)C2(C(C#N)=C(N)Nc3c2c(C)nn3-c2ccc([N+](=O)[O-])cc2)c2ccccc21. The zero-order valence-electron chi connectivity index (χ0n) is 17.9. The molecule has 3 N–H and O–H groups in total. The molecule has 0 aliphatic carbocycles. The summed E-state index contributed by atoms with van der Waals surface area (Å²) in [6.45, 7) is 1.76. The molecule has 0 saturated carbocycles. The molecule has 2 aromatic carbocycles. The highest BCUT2D eigenvalue weighted by Gasteiger charge is 2.60. The third-order valence-electron chi connectivity index (χ3n) is 6.16. The molecule has 1 aromatic heterocycles. The van der Waals surface area contributed by atoms with Crippen molar-refractivity contribution in [2.45, 2.75) is 12.3 Å². The van der Waals surface area contributed by atoms with E-state index in [1.807, 2.05) is 0 Å². The van der Waals surface area contributed by atoms with Gasteiger partial charge >= 0.3 is 0 Å². The second-order valence-electron chi connectivity index (χ2n) is 7.88. The van der Waals surface area contributed by atoms with Crippen LogP contribution in [0.15, 0.2) is 59.9 Å². The van der Waals surface area contributed by atoms with Gasteiger partial charge in [-0.1, -0.05) is 24.1 Å². The van der Waals surface area contributed by atoms with Crippen molar-refractivity contribution in [1.29, 1.82) is 5.26 Å². The molecule has 1 atom stereocenters. The Morgan fingerprint density at radius 2 is 1.97 bits per heavy atom. The fourth-order valence-corrected chi connectivity index (χ4v) is 4.84. The predicted octanol–water partition coefficient (Wildman–Crippen LogP) is 2.47. The van der Waals surface area contributed by atoms with E-state index in [1.165, 1.54) is 21.7 Å². The molecule has 166 valence electrons. The molecule has 0 saturated heterocycles. The predicted molar refractivity (Wildman–Crippen MR) is 124 cm³/mol. The van der Waals surface area contributed by atoms with Crippen molar-refractivity contribution in [2.75, 3.05) is 16.8 Å². The van der Waals surface area contributed by atoms with Crippen molar-refractivity contribution >= 4 is 23.1 Å². The molecule has 10 nitrogen and oxygen atoms in total. The topological polar surface area (TPSA) is 143 Å². The van der Waals surface area contributed by atoms with Gasteiger partial charge in [0.1, 0.15) is 23.1 Å². The van der Waals surface area contributed by atoms with Gasteiger partial charge in [-0.25, -0.2) is 4.68 Å². The van der Waals surface area contributed by atoms with Crippen LogP contribution >= 0.6 is 0 Å². The molecule has 0 fully saturated rings. The number of anilines is 2. The Bertz CT molecular complexity index is 1500. The van der Waals surface area contributed by atoms with Gasteiger partial charge in [-0.15, -0.1) is 6.42 Å². The van der Waals surface area contributed by atoms with Crippen LogP contribution < -0.4 is 16.0 Å². The van der Waals surface area contributed by atoms with E-state index in [0.717, 1.165) is 0 Å². The standard InChI is InChI=1S/C24H17N7O3/c1-3-12-29-19-7-5-4-6-17(19)24(23(29)32)18(13-25)21(26)27-22-20(24)14(2)28-30(22)15-8-10-16(11-9-15)31(33)34/h1,4-11,27H,12,26H2,2H3. The number of benzene rings is 2. The third-order valence-corrected chi connectivity index (χ3v) is 6.16. The van der Waals surface area contributed by atoms with Gasteiger partial charge in [0.25, 0.3) is 5.69 Å². The summed E-state index contributed by atoms with van der Waals surface area (Å²) in [6, 6.07) is 15.1. The van der Waals surface area contributed by atoms with Crippen molar-refractivity contribution in [3.05, 3.63) is 86.9 Å². The van der Waals surface area contributed by atoms with Crippen LogP contribution in [0.3, 0.4) is 0 Å². The lowest BCUT2D eigenvalue weighted by atomic mass is 9.68. The van der Waals surface area contributed by atoms with E-state index in [4.69, 9.17) is 12.2 Å². The number of non-ortho nitro benzene ring substituents is 1. The lowest BCUT2D eigenvalue weighted by Crippen LogP contribution is -2.46. The maximum absolute atomic E-state index is 14.1. The molecule has 2 aliphatic heterocycles. The highest BCUT2D eigenvalue weighted by Crippen LogP contribution is 2.55. The summed E-state index contributed by atoms with van der Waals surface area (Å²) in [5.74, 6) is 2.54. The van der Waals surface area contributed by atoms with Crippen LogP contribution in [0.5, 0.6) is 0 Å². The minimum Gasteiger partial charge on any atom is -0.384 e. The van der Waals surface area contributed by atoms with Crippen molar-refractivity contribution < 1.29 is 9.72 Å². The average Bonchev–Trinajstić information content (AvgIpc) is 3.28. The van der Waals surface area contributed by atoms with Gasteiger partial charge < -0.3 is 11.1 Å². The second-order valence-corrected chi connectivity index (χ2v) is 7.88. The van der Waals surface area contributed by atoms with Crippen molar-refractivity contribution in [3.8, 4) is 24.1 Å². The first kappa shape index (κ1) is 20.8.